The summed E-state index contributed by atoms with van der Waals surface area (Å²) in [6.07, 6.45) is -0.613. The minimum atomic E-state index is -0.703. The van der Waals surface area contributed by atoms with Gasteiger partial charge in [0.05, 0.1) is 16.7 Å². The number of esters is 1. The second-order valence-electron chi connectivity index (χ2n) is 7.35. The zero-order valence-electron chi connectivity index (χ0n) is 16.2. The van der Waals surface area contributed by atoms with Gasteiger partial charge in [0, 0.05) is 5.69 Å². The molecule has 1 N–H and O–H groups in total. The van der Waals surface area contributed by atoms with Crippen molar-refractivity contribution in [2.45, 2.75) is 26.4 Å². The number of imide groups is 1. The summed E-state index contributed by atoms with van der Waals surface area (Å²) >= 11 is 0. The summed E-state index contributed by atoms with van der Waals surface area (Å²) in [7, 11) is 0. The molecule has 0 radical (unpaired) electrons. The van der Waals surface area contributed by atoms with Crippen molar-refractivity contribution in [3.05, 3.63) is 65.2 Å². The number of nitrogens with one attached hydrogen (secondary N) is 1. The van der Waals surface area contributed by atoms with Crippen LogP contribution in [-0.2, 0) is 9.47 Å². The van der Waals surface area contributed by atoms with Crippen molar-refractivity contribution >= 4 is 29.6 Å². The zero-order valence-corrected chi connectivity index (χ0v) is 16.2. The first-order chi connectivity index (χ1) is 13.7. The lowest BCUT2D eigenvalue weighted by atomic mass is 10.1. The first-order valence-corrected chi connectivity index (χ1v) is 8.88. The second-order valence-corrected chi connectivity index (χ2v) is 7.35. The number of rotatable bonds is 4. The molecule has 0 unspecified atom stereocenters. The van der Waals surface area contributed by atoms with Crippen LogP contribution in [0.3, 0.4) is 0 Å². The molecule has 0 saturated heterocycles. The summed E-state index contributed by atoms with van der Waals surface area (Å²) in [6, 6.07) is 12.4. The van der Waals surface area contributed by atoms with Gasteiger partial charge >= 0.3 is 12.1 Å². The molecule has 0 aliphatic carbocycles. The van der Waals surface area contributed by atoms with Crippen molar-refractivity contribution in [3.63, 3.8) is 0 Å². The van der Waals surface area contributed by atoms with Crippen LogP contribution < -0.4 is 5.32 Å². The third kappa shape index (κ3) is 4.60. The number of benzene rings is 2. The molecule has 1 heterocycles. The fraction of sp³-hybridized carbons (Fsp3) is 0.238. The molecular weight excluding hydrogens is 376 g/mol. The summed E-state index contributed by atoms with van der Waals surface area (Å²) < 4.78 is 10.3. The monoisotopic (exact) mass is 396 g/mol. The molecule has 2 aromatic rings. The van der Waals surface area contributed by atoms with E-state index in [0.29, 0.717) is 5.69 Å². The van der Waals surface area contributed by atoms with Gasteiger partial charge in [-0.05, 0) is 57.2 Å². The Kier molecular flexibility index (Phi) is 5.36. The van der Waals surface area contributed by atoms with Gasteiger partial charge in [-0.25, -0.2) is 14.5 Å². The number of carbonyl (C=O) groups excluding carboxylic acids is 4. The summed E-state index contributed by atoms with van der Waals surface area (Å²) in [5.41, 5.74) is 0.586. The third-order valence-corrected chi connectivity index (χ3v) is 3.97. The Bertz CT molecular complexity index is 940. The molecule has 29 heavy (non-hydrogen) atoms. The SMILES string of the molecule is CC(C)(C)OC(=O)Nc1ccc(C(=O)OCN2C(=O)c3ccccc3C2=O)cc1. The highest BCUT2D eigenvalue weighted by Gasteiger charge is 2.35. The molecule has 1 aliphatic heterocycles. The van der Waals surface area contributed by atoms with Gasteiger partial charge in [-0.15, -0.1) is 0 Å². The normalized spacial score (nSPS) is 13.1. The van der Waals surface area contributed by atoms with E-state index in [1.54, 1.807) is 45.0 Å². The Labute approximate surface area is 167 Å². The van der Waals surface area contributed by atoms with E-state index in [0.717, 1.165) is 4.90 Å². The molecule has 3 amide bonds. The van der Waals surface area contributed by atoms with Gasteiger partial charge < -0.3 is 9.47 Å². The molecule has 0 fully saturated rings. The van der Waals surface area contributed by atoms with E-state index in [-0.39, 0.29) is 16.7 Å². The Hall–Kier alpha value is -3.68. The lowest BCUT2D eigenvalue weighted by molar-refractivity contribution is 0.0227. The van der Waals surface area contributed by atoms with Crippen LogP contribution in [0, 0.1) is 0 Å². The highest BCUT2D eigenvalue weighted by molar-refractivity contribution is 6.21. The molecule has 0 atom stereocenters. The van der Waals surface area contributed by atoms with Crippen LogP contribution in [0.25, 0.3) is 0 Å². The van der Waals surface area contributed by atoms with Crippen molar-refractivity contribution in [2.24, 2.45) is 0 Å². The highest BCUT2D eigenvalue weighted by Crippen LogP contribution is 2.22. The van der Waals surface area contributed by atoms with E-state index in [9.17, 15) is 19.2 Å². The summed E-state index contributed by atoms with van der Waals surface area (Å²) in [5.74, 6) is -1.71. The number of carbonyl (C=O) groups is 4. The Morgan fingerprint density at radius 3 is 2.00 bits per heavy atom. The number of hydrogen-bond acceptors (Lipinski definition) is 6. The molecule has 1 aliphatic rings. The van der Waals surface area contributed by atoms with E-state index in [2.05, 4.69) is 5.32 Å². The summed E-state index contributed by atoms with van der Waals surface area (Å²) in [6.45, 7) is 4.77. The van der Waals surface area contributed by atoms with Crippen LogP contribution in [0.1, 0.15) is 51.8 Å². The fourth-order valence-corrected chi connectivity index (χ4v) is 2.67. The lowest BCUT2D eigenvalue weighted by Gasteiger charge is -2.19. The zero-order chi connectivity index (χ0) is 21.2. The van der Waals surface area contributed by atoms with Gasteiger partial charge in [0.1, 0.15) is 5.60 Å². The van der Waals surface area contributed by atoms with Gasteiger partial charge in [-0.3, -0.25) is 14.9 Å². The maximum Gasteiger partial charge on any atom is 0.412 e. The molecule has 0 aromatic heterocycles. The van der Waals surface area contributed by atoms with Crippen LogP contribution in [0.15, 0.2) is 48.5 Å². The average molecular weight is 396 g/mol. The van der Waals surface area contributed by atoms with Crippen LogP contribution >= 0.6 is 0 Å². The number of hydrogen-bond donors (Lipinski definition) is 1. The van der Waals surface area contributed by atoms with E-state index in [1.165, 1.54) is 24.3 Å². The maximum absolute atomic E-state index is 12.3. The van der Waals surface area contributed by atoms with Gasteiger partial charge in [0.25, 0.3) is 11.8 Å². The summed E-state index contributed by atoms with van der Waals surface area (Å²) in [5, 5.41) is 2.55. The van der Waals surface area contributed by atoms with E-state index >= 15 is 0 Å². The van der Waals surface area contributed by atoms with Gasteiger partial charge in [0.2, 0.25) is 0 Å². The predicted molar refractivity (Wildman–Crippen MR) is 104 cm³/mol. The predicted octanol–water partition coefficient (Wildman–Crippen LogP) is 3.44. The quantitative estimate of drug-likeness (QED) is 0.627. The minimum Gasteiger partial charge on any atom is -0.444 e. The average Bonchev–Trinajstić information content (AvgIpc) is 2.90. The maximum atomic E-state index is 12.3. The molecule has 0 saturated carbocycles. The van der Waals surface area contributed by atoms with Crippen molar-refractivity contribution in [2.75, 3.05) is 12.0 Å². The van der Waals surface area contributed by atoms with Gasteiger partial charge in [-0.1, -0.05) is 12.1 Å². The standard InChI is InChI=1S/C21H20N2O6/c1-21(2,3)29-20(27)22-14-10-8-13(9-11-14)19(26)28-12-23-17(24)15-6-4-5-7-16(15)18(23)25/h4-11H,12H2,1-3H3,(H,22,27). The third-order valence-electron chi connectivity index (χ3n) is 3.97. The molecule has 0 spiro atoms. The van der Waals surface area contributed by atoms with Gasteiger partial charge in [-0.2, -0.15) is 0 Å². The minimum absolute atomic E-state index is 0.205. The number of anilines is 1. The van der Waals surface area contributed by atoms with Crippen molar-refractivity contribution in [1.29, 1.82) is 0 Å². The molecule has 3 rings (SSSR count). The van der Waals surface area contributed by atoms with E-state index < -0.39 is 36.2 Å². The number of nitrogens with zero attached hydrogens (tertiary/aromatic N) is 1. The molecule has 150 valence electrons. The van der Waals surface area contributed by atoms with Crippen molar-refractivity contribution in [3.8, 4) is 0 Å². The topological polar surface area (TPSA) is 102 Å². The van der Waals surface area contributed by atoms with Crippen molar-refractivity contribution < 1.29 is 28.7 Å². The fourth-order valence-electron chi connectivity index (χ4n) is 2.67. The summed E-state index contributed by atoms with van der Waals surface area (Å²) in [4.78, 5) is 49.4. The number of ether oxygens (including phenoxy) is 2. The van der Waals surface area contributed by atoms with Crippen molar-refractivity contribution in [1.82, 2.24) is 4.90 Å². The van der Waals surface area contributed by atoms with Crippen LogP contribution in [-0.4, -0.2) is 41.1 Å². The van der Waals surface area contributed by atoms with Crippen LogP contribution in [0.2, 0.25) is 0 Å². The highest BCUT2D eigenvalue weighted by atomic mass is 16.6. The van der Waals surface area contributed by atoms with E-state index in [4.69, 9.17) is 9.47 Å². The lowest BCUT2D eigenvalue weighted by Crippen LogP contribution is -2.33. The Morgan fingerprint density at radius 1 is 0.931 bits per heavy atom. The van der Waals surface area contributed by atoms with E-state index in [1.807, 2.05) is 0 Å². The number of fused-ring (bicyclic) bond motifs is 1. The smallest absolute Gasteiger partial charge is 0.412 e. The molecule has 2 aromatic carbocycles. The van der Waals surface area contributed by atoms with Crippen LogP contribution in [0.5, 0.6) is 0 Å². The first kappa shape index (κ1) is 20.1. The molecule has 8 nitrogen and oxygen atoms in total. The Morgan fingerprint density at radius 2 is 1.48 bits per heavy atom. The molecule has 8 heteroatoms. The second kappa shape index (κ2) is 7.75. The number of amides is 3. The van der Waals surface area contributed by atoms with Crippen LogP contribution in [0.4, 0.5) is 10.5 Å². The first-order valence-electron chi connectivity index (χ1n) is 8.88. The Balaban J connectivity index is 1.57. The largest absolute Gasteiger partial charge is 0.444 e. The molecule has 0 bridgehead atoms. The van der Waals surface area contributed by atoms with Gasteiger partial charge in [0.15, 0.2) is 6.73 Å². The molecular formula is C21H20N2O6.